The summed E-state index contributed by atoms with van der Waals surface area (Å²) >= 11 is 1.43. The summed E-state index contributed by atoms with van der Waals surface area (Å²) in [5.41, 5.74) is 0.334. The molecule has 0 spiro atoms. The summed E-state index contributed by atoms with van der Waals surface area (Å²) in [4.78, 5) is 25.5. The maximum atomic E-state index is 12.1. The molecular formula is C16H13F2N5O4S. The number of aromatic nitrogens is 4. The van der Waals surface area contributed by atoms with Crippen LogP contribution in [0.1, 0.15) is 0 Å². The molecule has 3 aromatic rings. The minimum absolute atomic E-state index is 0.0401. The molecule has 2 heterocycles. The van der Waals surface area contributed by atoms with E-state index in [4.69, 9.17) is 4.74 Å². The maximum absolute atomic E-state index is 12.1. The van der Waals surface area contributed by atoms with Crippen molar-refractivity contribution >= 4 is 28.9 Å². The quantitative estimate of drug-likeness (QED) is 0.568. The van der Waals surface area contributed by atoms with Gasteiger partial charge in [-0.3, -0.25) is 4.79 Å². The number of hydrogen-bond acceptors (Lipinski definition) is 8. The first kappa shape index (κ1) is 19.4. The molecule has 0 aliphatic carbocycles. The second-order valence-corrected chi connectivity index (χ2v) is 6.18. The number of tetrazole rings is 1. The number of amides is 1. The molecule has 0 radical (unpaired) electrons. The van der Waals surface area contributed by atoms with Gasteiger partial charge in [0.15, 0.2) is 13.2 Å². The van der Waals surface area contributed by atoms with Crippen molar-refractivity contribution in [1.82, 2.24) is 20.2 Å². The molecule has 1 aromatic carbocycles. The van der Waals surface area contributed by atoms with Crippen LogP contribution < -0.4 is 10.1 Å². The molecule has 0 saturated carbocycles. The zero-order chi connectivity index (χ0) is 19.9. The number of benzene rings is 1. The average molecular weight is 409 g/mol. The number of carbonyl (C=O) groups is 2. The number of nitrogens with one attached hydrogen (secondary N) is 1. The van der Waals surface area contributed by atoms with Gasteiger partial charge in [0.2, 0.25) is 5.82 Å². The molecule has 1 amide bonds. The number of nitrogens with zero attached hydrogens (tertiary/aromatic N) is 4. The molecule has 12 heteroatoms. The molecule has 28 heavy (non-hydrogen) atoms. The molecule has 0 bridgehead atoms. The lowest BCUT2D eigenvalue weighted by Crippen LogP contribution is -2.23. The van der Waals surface area contributed by atoms with Crippen LogP contribution in [0.2, 0.25) is 0 Å². The Bertz CT molecular complexity index is 931. The van der Waals surface area contributed by atoms with Gasteiger partial charge in [-0.1, -0.05) is 6.07 Å². The predicted molar refractivity (Wildman–Crippen MR) is 93.8 cm³/mol. The van der Waals surface area contributed by atoms with Crippen LogP contribution in [0.15, 0.2) is 41.8 Å². The van der Waals surface area contributed by atoms with Crippen molar-refractivity contribution in [3.8, 4) is 16.5 Å². The van der Waals surface area contributed by atoms with Crippen molar-refractivity contribution in [2.24, 2.45) is 0 Å². The lowest BCUT2D eigenvalue weighted by molar-refractivity contribution is -0.148. The van der Waals surface area contributed by atoms with Crippen LogP contribution in [0.4, 0.5) is 14.5 Å². The minimum Gasteiger partial charge on any atom is -0.454 e. The standard InChI is InChI=1S/C16H13F2N5O4S/c17-16(18)27-11-5-3-10(4-6-11)19-13(24)9-26-14(25)8-23-21-15(20-22-23)12-2-1-7-28-12/h1-7,16H,8-9H2,(H,19,24). The van der Waals surface area contributed by atoms with E-state index in [0.29, 0.717) is 11.5 Å². The minimum atomic E-state index is -2.93. The molecule has 0 saturated heterocycles. The van der Waals surface area contributed by atoms with E-state index in [1.54, 1.807) is 0 Å². The summed E-state index contributed by atoms with van der Waals surface area (Å²) < 4.78 is 33.2. The van der Waals surface area contributed by atoms with E-state index < -0.39 is 25.1 Å². The van der Waals surface area contributed by atoms with E-state index in [2.05, 4.69) is 25.5 Å². The normalized spacial score (nSPS) is 10.7. The zero-order valence-electron chi connectivity index (χ0n) is 14.1. The number of thiophene rings is 1. The Labute approximate surface area is 160 Å². The number of ether oxygens (including phenoxy) is 2. The van der Waals surface area contributed by atoms with Crippen molar-refractivity contribution in [1.29, 1.82) is 0 Å². The van der Waals surface area contributed by atoms with Gasteiger partial charge in [-0.15, -0.1) is 21.5 Å². The van der Waals surface area contributed by atoms with E-state index >= 15 is 0 Å². The molecule has 0 aliphatic rings. The highest BCUT2D eigenvalue weighted by molar-refractivity contribution is 7.13. The summed E-state index contributed by atoms with van der Waals surface area (Å²) in [6, 6.07) is 8.96. The summed E-state index contributed by atoms with van der Waals surface area (Å²) in [5, 5.41) is 16.0. The highest BCUT2D eigenvalue weighted by Gasteiger charge is 2.13. The van der Waals surface area contributed by atoms with E-state index in [-0.39, 0.29) is 12.3 Å². The van der Waals surface area contributed by atoms with Crippen LogP contribution in [0.5, 0.6) is 5.75 Å². The molecule has 3 rings (SSSR count). The summed E-state index contributed by atoms with van der Waals surface area (Å²) in [6.45, 7) is -3.76. The number of esters is 1. The second kappa shape index (κ2) is 8.99. The van der Waals surface area contributed by atoms with Gasteiger partial charge in [-0.05, 0) is 40.9 Å². The van der Waals surface area contributed by atoms with Gasteiger partial charge in [0, 0.05) is 5.69 Å². The van der Waals surface area contributed by atoms with Crippen LogP contribution in [-0.2, 0) is 20.9 Å². The Hall–Kier alpha value is -3.41. The SMILES string of the molecule is O=C(COC(=O)Cn1nnc(-c2cccs2)n1)Nc1ccc(OC(F)F)cc1. The first-order chi connectivity index (χ1) is 13.5. The highest BCUT2D eigenvalue weighted by Crippen LogP contribution is 2.19. The van der Waals surface area contributed by atoms with Crippen LogP contribution in [-0.4, -0.2) is 45.3 Å². The summed E-state index contributed by atoms with van der Waals surface area (Å²) in [6.07, 6.45) is 0. The van der Waals surface area contributed by atoms with Gasteiger partial charge in [0.25, 0.3) is 5.91 Å². The van der Waals surface area contributed by atoms with Crippen molar-refractivity contribution in [2.45, 2.75) is 13.2 Å². The van der Waals surface area contributed by atoms with Gasteiger partial charge in [0.05, 0.1) is 4.88 Å². The number of halogens is 2. The molecule has 0 aliphatic heterocycles. The molecule has 0 atom stereocenters. The lowest BCUT2D eigenvalue weighted by atomic mass is 10.3. The zero-order valence-corrected chi connectivity index (χ0v) is 14.9. The monoisotopic (exact) mass is 409 g/mol. The Morgan fingerprint density at radius 2 is 2.00 bits per heavy atom. The maximum Gasteiger partial charge on any atom is 0.387 e. The number of rotatable bonds is 8. The Morgan fingerprint density at radius 1 is 1.21 bits per heavy atom. The molecule has 1 N–H and O–H groups in total. The van der Waals surface area contributed by atoms with Gasteiger partial charge in [0.1, 0.15) is 5.75 Å². The Kier molecular flexibility index (Phi) is 6.22. The topological polar surface area (TPSA) is 108 Å². The van der Waals surface area contributed by atoms with E-state index in [1.165, 1.54) is 35.6 Å². The number of carbonyl (C=O) groups excluding carboxylic acids is 2. The van der Waals surface area contributed by atoms with E-state index in [9.17, 15) is 18.4 Å². The lowest BCUT2D eigenvalue weighted by Gasteiger charge is -2.08. The average Bonchev–Trinajstić information content (AvgIpc) is 3.33. The van der Waals surface area contributed by atoms with E-state index in [0.717, 1.165) is 9.67 Å². The van der Waals surface area contributed by atoms with Crippen LogP contribution in [0.25, 0.3) is 10.7 Å². The highest BCUT2D eigenvalue weighted by atomic mass is 32.1. The fraction of sp³-hybridized carbons (Fsp3) is 0.188. The predicted octanol–water partition coefficient (Wildman–Crippen LogP) is 2.18. The van der Waals surface area contributed by atoms with Crippen molar-refractivity contribution in [3.63, 3.8) is 0 Å². The fourth-order valence-corrected chi connectivity index (χ4v) is 2.69. The first-order valence-corrected chi connectivity index (χ1v) is 8.69. The number of hydrogen-bond donors (Lipinski definition) is 1. The Morgan fingerprint density at radius 3 is 2.68 bits per heavy atom. The largest absolute Gasteiger partial charge is 0.454 e. The van der Waals surface area contributed by atoms with Crippen LogP contribution >= 0.6 is 11.3 Å². The molecule has 2 aromatic heterocycles. The third kappa shape index (κ3) is 5.54. The third-order valence-corrected chi connectivity index (χ3v) is 4.06. The van der Waals surface area contributed by atoms with Gasteiger partial charge >= 0.3 is 12.6 Å². The number of anilines is 1. The molecule has 0 fully saturated rings. The van der Waals surface area contributed by atoms with E-state index in [1.807, 2.05) is 17.5 Å². The van der Waals surface area contributed by atoms with Crippen molar-refractivity contribution < 1.29 is 27.8 Å². The van der Waals surface area contributed by atoms with Crippen LogP contribution in [0, 0.1) is 0 Å². The fourth-order valence-electron chi connectivity index (χ4n) is 2.04. The first-order valence-electron chi connectivity index (χ1n) is 7.81. The summed E-state index contributed by atoms with van der Waals surface area (Å²) in [5.74, 6) is -0.964. The molecule has 9 nitrogen and oxygen atoms in total. The smallest absolute Gasteiger partial charge is 0.387 e. The molecule has 146 valence electrons. The second-order valence-electron chi connectivity index (χ2n) is 5.23. The van der Waals surface area contributed by atoms with Gasteiger partial charge in [-0.25, -0.2) is 4.79 Å². The van der Waals surface area contributed by atoms with Gasteiger partial charge in [-0.2, -0.15) is 13.6 Å². The third-order valence-electron chi connectivity index (χ3n) is 3.19. The summed E-state index contributed by atoms with van der Waals surface area (Å²) in [7, 11) is 0. The van der Waals surface area contributed by atoms with Crippen molar-refractivity contribution in [2.75, 3.05) is 11.9 Å². The van der Waals surface area contributed by atoms with Crippen LogP contribution in [0.3, 0.4) is 0 Å². The Balaban J connectivity index is 1.43. The molecular weight excluding hydrogens is 396 g/mol. The van der Waals surface area contributed by atoms with Crippen molar-refractivity contribution in [3.05, 3.63) is 41.8 Å². The van der Waals surface area contributed by atoms with Gasteiger partial charge < -0.3 is 14.8 Å². The number of alkyl halides is 2. The molecule has 0 unspecified atom stereocenters.